The molecular weight excluding hydrogens is 234 g/mol. The number of nitrogens with zero attached hydrogens (tertiary/aromatic N) is 3. The molecule has 0 radical (unpaired) electrons. The first-order valence-corrected chi connectivity index (χ1v) is 5.58. The first-order chi connectivity index (χ1) is 8.60. The molecule has 0 saturated heterocycles. The number of methoxy groups -OCH3 is 1. The Kier molecular flexibility index (Phi) is 5.38. The van der Waals surface area contributed by atoms with Gasteiger partial charge in [0.05, 0.1) is 12.3 Å². The average molecular weight is 253 g/mol. The van der Waals surface area contributed by atoms with Gasteiger partial charge in [-0.05, 0) is 6.07 Å². The maximum atomic E-state index is 10.9. The lowest BCUT2D eigenvalue weighted by atomic mass is 10.3. The number of hydrogen-bond donors (Lipinski definition) is 0. The van der Waals surface area contributed by atoms with Crippen molar-refractivity contribution >= 4 is 17.9 Å². The summed E-state index contributed by atoms with van der Waals surface area (Å²) in [4.78, 5) is 18.5. The fourth-order valence-electron chi connectivity index (χ4n) is 1.39. The SMILES string of the molecule is COCCOc1ccc(N(C)C)c(N(C)C=O)n1. The highest BCUT2D eigenvalue weighted by Gasteiger charge is 2.12. The van der Waals surface area contributed by atoms with Gasteiger partial charge >= 0.3 is 0 Å². The van der Waals surface area contributed by atoms with E-state index in [1.807, 2.05) is 25.1 Å². The number of amides is 1. The van der Waals surface area contributed by atoms with Gasteiger partial charge in [0.1, 0.15) is 6.61 Å². The summed E-state index contributed by atoms with van der Waals surface area (Å²) in [5, 5.41) is 0. The Morgan fingerprint density at radius 3 is 2.56 bits per heavy atom. The first kappa shape index (κ1) is 14.2. The molecule has 0 unspecified atom stereocenters. The van der Waals surface area contributed by atoms with E-state index in [1.54, 1.807) is 20.2 Å². The van der Waals surface area contributed by atoms with Gasteiger partial charge in [-0.15, -0.1) is 0 Å². The molecule has 0 aromatic carbocycles. The van der Waals surface area contributed by atoms with Crippen molar-refractivity contribution < 1.29 is 14.3 Å². The summed E-state index contributed by atoms with van der Waals surface area (Å²) >= 11 is 0. The van der Waals surface area contributed by atoms with E-state index in [1.165, 1.54) is 4.90 Å². The summed E-state index contributed by atoms with van der Waals surface area (Å²) in [7, 11) is 7.05. The quantitative estimate of drug-likeness (QED) is 0.530. The van der Waals surface area contributed by atoms with Crippen molar-refractivity contribution in [2.24, 2.45) is 0 Å². The van der Waals surface area contributed by atoms with Crippen molar-refractivity contribution in [3.05, 3.63) is 12.1 Å². The molecule has 6 heteroatoms. The Balaban J connectivity index is 2.94. The number of carbonyl (C=O) groups excluding carboxylic acids is 1. The summed E-state index contributed by atoms with van der Waals surface area (Å²) in [6, 6.07) is 3.64. The van der Waals surface area contributed by atoms with Crippen LogP contribution in [0.15, 0.2) is 12.1 Å². The van der Waals surface area contributed by atoms with Crippen LogP contribution in [-0.2, 0) is 9.53 Å². The summed E-state index contributed by atoms with van der Waals surface area (Å²) in [5.74, 6) is 1.03. The van der Waals surface area contributed by atoms with E-state index < -0.39 is 0 Å². The summed E-state index contributed by atoms with van der Waals surface area (Å²) < 4.78 is 10.3. The fraction of sp³-hybridized carbons (Fsp3) is 0.500. The third kappa shape index (κ3) is 3.59. The Labute approximate surface area is 107 Å². The zero-order chi connectivity index (χ0) is 13.5. The predicted octanol–water partition coefficient (Wildman–Crippen LogP) is 0.765. The second kappa shape index (κ2) is 6.80. The molecule has 0 atom stereocenters. The van der Waals surface area contributed by atoms with Crippen molar-refractivity contribution in [2.75, 3.05) is 51.3 Å². The van der Waals surface area contributed by atoms with Crippen molar-refractivity contribution in [3.63, 3.8) is 0 Å². The van der Waals surface area contributed by atoms with Crippen LogP contribution in [-0.4, -0.2) is 52.9 Å². The van der Waals surface area contributed by atoms with Crippen LogP contribution in [0.1, 0.15) is 0 Å². The molecule has 1 aromatic rings. The molecule has 1 heterocycles. The zero-order valence-corrected chi connectivity index (χ0v) is 11.2. The Hall–Kier alpha value is -1.82. The van der Waals surface area contributed by atoms with Crippen LogP contribution in [0, 0.1) is 0 Å². The Bertz CT molecular complexity index is 396. The highest BCUT2D eigenvalue weighted by Crippen LogP contribution is 2.27. The van der Waals surface area contributed by atoms with E-state index in [0.717, 1.165) is 5.69 Å². The molecule has 1 aromatic heterocycles. The normalized spacial score (nSPS) is 10.0. The molecule has 6 nitrogen and oxygen atoms in total. The standard InChI is InChI=1S/C12H19N3O3/c1-14(2)10-5-6-11(18-8-7-17-4)13-12(10)15(3)9-16/h5-6,9H,7-8H2,1-4H3. The fourth-order valence-corrected chi connectivity index (χ4v) is 1.39. The number of ether oxygens (including phenoxy) is 2. The van der Waals surface area contributed by atoms with Crippen LogP contribution in [0.5, 0.6) is 5.88 Å². The maximum absolute atomic E-state index is 10.9. The number of aromatic nitrogens is 1. The van der Waals surface area contributed by atoms with Crippen LogP contribution in [0.2, 0.25) is 0 Å². The topological polar surface area (TPSA) is 54.9 Å². The molecule has 0 spiro atoms. The average Bonchev–Trinajstić information content (AvgIpc) is 2.37. The molecule has 18 heavy (non-hydrogen) atoms. The minimum atomic E-state index is 0.426. The lowest BCUT2D eigenvalue weighted by molar-refractivity contribution is -0.107. The van der Waals surface area contributed by atoms with E-state index in [9.17, 15) is 4.79 Å². The van der Waals surface area contributed by atoms with Crippen LogP contribution in [0.3, 0.4) is 0 Å². The van der Waals surface area contributed by atoms with E-state index in [0.29, 0.717) is 31.3 Å². The molecule has 0 saturated carbocycles. The molecule has 0 aliphatic carbocycles. The maximum Gasteiger partial charge on any atom is 0.215 e. The Morgan fingerprint density at radius 2 is 2.00 bits per heavy atom. The molecule has 0 aliphatic rings. The molecular formula is C12H19N3O3. The second-order valence-corrected chi connectivity index (χ2v) is 3.94. The lowest BCUT2D eigenvalue weighted by Crippen LogP contribution is -2.21. The number of carbonyl (C=O) groups is 1. The molecule has 100 valence electrons. The predicted molar refractivity (Wildman–Crippen MR) is 70.4 cm³/mol. The summed E-state index contributed by atoms with van der Waals surface area (Å²) in [6.07, 6.45) is 0.717. The molecule has 0 aliphatic heterocycles. The smallest absolute Gasteiger partial charge is 0.215 e. The zero-order valence-electron chi connectivity index (χ0n) is 11.2. The molecule has 1 rings (SSSR count). The largest absolute Gasteiger partial charge is 0.475 e. The van der Waals surface area contributed by atoms with Gasteiger partial charge in [0.2, 0.25) is 12.3 Å². The molecule has 1 amide bonds. The van der Waals surface area contributed by atoms with Gasteiger partial charge in [-0.2, -0.15) is 4.98 Å². The third-order valence-electron chi connectivity index (χ3n) is 2.34. The van der Waals surface area contributed by atoms with Crippen LogP contribution < -0.4 is 14.5 Å². The second-order valence-electron chi connectivity index (χ2n) is 3.94. The lowest BCUT2D eigenvalue weighted by Gasteiger charge is -2.21. The number of anilines is 2. The summed E-state index contributed by atoms with van der Waals surface area (Å²) in [6.45, 7) is 0.922. The van der Waals surface area contributed by atoms with Gasteiger partial charge in [-0.25, -0.2) is 0 Å². The highest BCUT2D eigenvalue weighted by molar-refractivity contribution is 5.80. The summed E-state index contributed by atoms with van der Waals surface area (Å²) in [5.41, 5.74) is 0.851. The first-order valence-electron chi connectivity index (χ1n) is 5.58. The van der Waals surface area contributed by atoms with Gasteiger partial charge in [0.15, 0.2) is 5.82 Å². The van der Waals surface area contributed by atoms with Gasteiger partial charge in [0.25, 0.3) is 0 Å². The number of hydrogen-bond acceptors (Lipinski definition) is 5. The third-order valence-corrected chi connectivity index (χ3v) is 2.34. The molecule has 0 bridgehead atoms. The highest BCUT2D eigenvalue weighted by atomic mass is 16.5. The molecule has 0 fully saturated rings. The van der Waals surface area contributed by atoms with E-state index in [2.05, 4.69) is 4.98 Å². The van der Waals surface area contributed by atoms with Crippen LogP contribution in [0.25, 0.3) is 0 Å². The van der Waals surface area contributed by atoms with Gasteiger partial charge < -0.3 is 19.3 Å². The van der Waals surface area contributed by atoms with Crippen molar-refractivity contribution in [3.8, 4) is 5.88 Å². The van der Waals surface area contributed by atoms with Gasteiger partial charge in [-0.3, -0.25) is 4.79 Å². The number of rotatable bonds is 7. The van der Waals surface area contributed by atoms with Crippen molar-refractivity contribution in [2.45, 2.75) is 0 Å². The van der Waals surface area contributed by atoms with Crippen molar-refractivity contribution in [1.29, 1.82) is 0 Å². The van der Waals surface area contributed by atoms with Gasteiger partial charge in [0, 0.05) is 34.3 Å². The van der Waals surface area contributed by atoms with Crippen LogP contribution >= 0.6 is 0 Å². The molecule has 0 N–H and O–H groups in total. The van der Waals surface area contributed by atoms with E-state index in [4.69, 9.17) is 9.47 Å². The minimum Gasteiger partial charge on any atom is -0.475 e. The number of pyridine rings is 1. The van der Waals surface area contributed by atoms with E-state index >= 15 is 0 Å². The van der Waals surface area contributed by atoms with Crippen molar-refractivity contribution in [1.82, 2.24) is 4.98 Å². The van der Waals surface area contributed by atoms with Crippen LogP contribution in [0.4, 0.5) is 11.5 Å². The minimum absolute atomic E-state index is 0.426. The Morgan fingerprint density at radius 1 is 1.28 bits per heavy atom. The van der Waals surface area contributed by atoms with Gasteiger partial charge in [-0.1, -0.05) is 0 Å². The van der Waals surface area contributed by atoms with E-state index in [-0.39, 0.29) is 0 Å². The monoisotopic (exact) mass is 253 g/mol.